The molecule has 1 nitrogen and oxygen atoms in total. The second-order valence-corrected chi connectivity index (χ2v) is 7.85. The van der Waals surface area contributed by atoms with Gasteiger partial charge in [-0.3, -0.25) is 0 Å². The largest absolute Gasteiger partial charge is 0.317 e. The molecular weight excluding hydrogens is 381 g/mol. The lowest BCUT2D eigenvalue weighted by Crippen LogP contribution is -2.31. The molecule has 0 aromatic heterocycles. The SMILES string of the molecule is Ic1ccc2c(c1)C(C1CCNCC1)c1ccccc1CC2. The molecular formula is C20H22IN. The lowest BCUT2D eigenvalue weighted by molar-refractivity contribution is 0.342. The first kappa shape index (κ1) is 14.7. The van der Waals surface area contributed by atoms with E-state index in [2.05, 4.69) is 70.4 Å². The fourth-order valence-corrected chi connectivity index (χ4v) is 4.79. The molecule has 1 aliphatic carbocycles. The lowest BCUT2D eigenvalue weighted by Gasteiger charge is -2.32. The molecule has 0 amide bonds. The van der Waals surface area contributed by atoms with Crippen LogP contribution in [0.15, 0.2) is 42.5 Å². The molecule has 0 bridgehead atoms. The fourth-order valence-electron chi connectivity index (χ4n) is 4.27. The molecule has 1 unspecified atom stereocenters. The Kier molecular flexibility index (Phi) is 4.23. The van der Waals surface area contributed by atoms with Crippen LogP contribution in [0.3, 0.4) is 0 Å². The van der Waals surface area contributed by atoms with Gasteiger partial charge in [-0.25, -0.2) is 0 Å². The van der Waals surface area contributed by atoms with Crippen molar-refractivity contribution < 1.29 is 0 Å². The van der Waals surface area contributed by atoms with Crippen molar-refractivity contribution in [3.05, 3.63) is 68.3 Å². The number of hydrogen-bond acceptors (Lipinski definition) is 1. The standard InChI is InChI=1S/C20H22IN/c21-17-8-7-15-6-5-14-3-1-2-4-18(14)20(19(15)13-17)16-9-11-22-12-10-16/h1-4,7-8,13,16,20,22H,5-6,9-12H2. The highest BCUT2D eigenvalue weighted by atomic mass is 127. The van der Waals surface area contributed by atoms with Gasteiger partial charge in [0.25, 0.3) is 0 Å². The van der Waals surface area contributed by atoms with Crippen molar-refractivity contribution in [2.75, 3.05) is 13.1 Å². The summed E-state index contributed by atoms with van der Waals surface area (Å²) in [6, 6.07) is 16.3. The number of hydrogen-bond donors (Lipinski definition) is 1. The molecule has 1 heterocycles. The molecule has 22 heavy (non-hydrogen) atoms. The molecule has 1 saturated heterocycles. The zero-order valence-corrected chi connectivity index (χ0v) is 15.0. The average molecular weight is 403 g/mol. The van der Waals surface area contributed by atoms with Crippen LogP contribution in [0.2, 0.25) is 0 Å². The van der Waals surface area contributed by atoms with Gasteiger partial charge in [-0.15, -0.1) is 0 Å². The highest BCUT2D eigenvalue weighted by molar-refractivity contribution is 14.1. The second kappa shape index (κ2) is 6.32. The first-order valence-corrected chi connectivity index (χ1v) is 9.47. The Bertz CT molecular complexity index is 673. The third kappa shape index (κ3) is 2.71. The van der Waals surface area contributed by atoms with Gasteiger partial charge in [-0.2, -0.15) is 0 Å². The molecule has 1 aliphatic heterocycles. The molecule has 114 valence electrons. The first-order valence-electron chi connectivity index (χ1n) is 8.40. The zero-order valence-electron chi connectivity index (χ0n) is 12.8. The number of fused-ring (bicyclic) bond motifs is 2. The molecule has 1 atom stereocenters. The predicted molar refractivity (Wildman–Crippen MR) is 100 cm³/mol. The molecule has 2 heteroatoms. The summed E-state index contributed by atoms with van der Waals surface area (Å²) in [6.45, 7) is 2.34. The number of benzene rings is 2. The van der Waals surface area contributed by atoms with Crippen LogP contribution in [0, 0.1) is 9.49 Å². The normalized spacial score (nSPS) is 21.8. The van der Waals surface area contributed by atoms with E-state index in [0.717, 1.165) is 5.92 Å². The summed E-state index contributed by atoms with van der Waals surface area (Å²) in [5.41, 5.74) is 6.33. The molecule has 1 N–H and O–H groups in total. The quantitative estimate of drug-likeness (QED) is 0.691. The number of rotatable bonds is 1. The summed E-state index contributed by atoms with van der Waals surface area (Å²) in [4.78, 5) is 0. The Morgan fingerprint density at radius 1 is 0.864 bits per heavy atom. The Balaban J connectivity index is 1.87. The minimum atomic E-state index is 0.588. The summed E-state index contributed by atoms with van der Waals surface area (Å²) >= 11 is 2.47. The van der Waals surface area contributed by atoms with Crippen LogP contribution in [-0.2, 0) is 12.8 Å². The lowest BCUT2D eigenvalue weighted by atomic mass is 9.75. The average Bonchev–Trinajstić information content (AvgIpc) is 2.72. The van der Waals surface area contributed by atoms with Gasteiger partial charge < -0.3 is 5.32 Å². The summed E-state index contributed by atoms with van der Waals surface area (Å²) in [6.07, 6.45) is 4.96. The maximum Gasteiger partial charge on any atom is 0.0133 e. The maximum absolute atomic E-state index is 3.53. The van der Waals surface area contributed by atoms with Crippen LogP contribution in [0.1, 0.15) is 41.0 Å². The number of piperidine rings is 1. The number of halogens is 1. The minimum absolute atomic E-state index is 0.588. The topological polar surface area (TPSA) is 12.0 Å². The third-order valence-corrected chi connectivity index (χ3v) is 6.02. The zero-order chi connectivity index (χ0) is 14.9. The molecule has 0 saturated carbocycles. The minimum Gasteiger partial charge on any atom is -0.317 e. The highest BCUT2D eigenvalue weighted by Gasteiger charge is 2.31. The van der Waals surface area contributed by atoms with Gasteiger partial charge >= 0.3 is 0 Å². The molecule has 0 radical (unpaired) electrons. The van der Waals surface area contributed by atoms with Crippen molar-refractivity contribution in [2.45, 2.75) is 31.6 Å². The van der Waals surface area contributed by atoms with E-state index in [0.29, 0.717) is 5.92 Å². The molecule has 2 aromatic carbocycles. The fraction of sp³-hybridized carbons (Fsp3) is 0.400. The van der Waals surface area contributed by atoms with Crippen LogP contribution in [0.4, 0.5) is 0 Å². The molecule has 0 spiro atoms. The van der Waals surface area contributed by atoms with Crippen molar-refractivity contribution in [3.63, 3.8) is 0 Å². The van der Waals surface area contributed by atoms with Gasteiger partial charge in [-0.1, -0.05) is 30.3 Å². The van der Waals surface area contributed by atoms with Crippen LogP contribution < -0.4 is 5.32 Å². The van der Waals surface area contributed by atoms with Crippen LogP contribution in [0.5, 0.6) is 0 Å². The summed E-state index contributed by atoms with van der Waals surface area (Å²) in [7, 11) is 0. The van der Waals surface area contributed by atoms with Gasteiger partial charge in [-0.05, 0) is 102 Å². The van der Waals surface area contributed by atoms with E-state index < -0.39 is 0 Å². The van der Waals surface area contributed by atoms with E-state index in [1.165, 1.54) is 42.3 Å². The van der Waals surface area contributed by atoms with Gasteiger partial charge in [0.05, 0.1) is 0 Å². The Labute approximate surface area is 146 Å². The van der Waals surface area contributed by atoms with E-state index in [4.69, 9.17) is 0 Å². The number of nitrogens with one attached hydrogen (secondary N) is 1. The Hall–Kier alpha value is -0.870. The summed E-state index contributed by atoms with van der Waals surface area (Å²) in [5.74, 6) is 1.36. The van der Waals surface area contributed by atoms with Crippen LogP contribution >= 0.6 is 22.6 Å². The second-order valence-electron chi connectivity index (χ2n) is 6.61. The summed E-state index contributed by atoms with van der Waals surface area (Å²) < 4.78 is 1.37. The van der Waals surface area contributed by atoms with Crippen molar-refractivity contribution in [1.82, 2.24) is 5.32 Å². The predicted octanol–water partition coefficient (Wildman–Crippen LogP) is 4.52. The molecule has 4 rings (SSSR count). The van der Waals surface area contributed by atoms with Crippen molar-refractivity contribution in [1.29, 1.82) is 0 Å². The Morgan fingerprint density at radius 3 is 2.41 bits per heavy atom. The highest BCUT2D eigenvalue weighted by Crippen LogP contribution is 2.42. The van der Waals surface area contributed by atoms with Gasteiger partial charge in [0.2, 0.25) is 0 Å². The molecule has 2 aliphatic rings. The van der Waals surface area contributed by atoms with E-state index in [9.17, 15) is 0 Å². The third-order valence-electron chi connectivity index (χ3n) is 5.35. The molecule has 1 fully saturated rings. The van der Waals surface area contributed by atoms with Crippen molar-refractivity contribution >= 4 is 22.6 Å². The van der Waals surface area contributed by atoms with Crippen LogP contribution in [-0.4, -0.2) is 13.1 Å². The smallest absolute Gasteiger partial charge is 0.0133 e. The first-order chi connectivity index (χ1) is 10.8. The summed E-state index contributed by atoms with van der Waals surface area (Å²) in [5, 5.41) is 3.53. The van der Waals surface area contributed by atoms with E-state index >= 15 is 0 Å². The van der Waals surface area contributed by atoms with E-state index in [1.807, 2.05) is 0 Å². The monoisotopic (exact) mass is 403 g/mol. The maximum atomic E-state index is 3.53. The van der Waals surface area contributed by atoms with E-state index in [1.54, 1.807) is 22.3 Å². The van der Waals surface area contributed by atoms with Crippen molar-refractivity contribution in [3.8, 4) is 0 Å². The van der Waals surface area contributed by atoms with Crippen molar-refractivity contribution in [2.24, 2.45) is 5.92 Å². The van der Waals surface area contributed by atoms with Gasteiger partial charge in [0.15, 0.2) is 0 Å². The Morgan fingerprint density at radius 2 is 1.59 bits per heavy atom. The van der Waals surface area contributed by atoms with E-state index in [-0.39, 0.29) is 0 Å². The van der Waals surface area contributed by atoms with Crippen LogP contribution in [0.25, 0.3) is 0 Å². The van der Waals surface area contributed by atoms with Gasteiger partial charge in [0, 0.05) is 9.49 Å². The number of aryl methyl sites for hydroxylation is 2. The van der Waals surface area contributed by atoms with Gasteiger partial charge in [0.1, 0.15) is 0 Å². The molecule has 2 aromatic rings.